The number of ether oxygens (including phenoxy) is 3. The molecule has 0 aromatic heterocycles. The molecule has 4 rings (SSSR count). The van der Waals surface area contributed by atoms with Crippen molar-refractivity contribution in [3.8, 4) is 17.2 Å². The smallest absolute Gasteiger partial charge is 0.454 e. The zero-order valence-corrected chi connectivity index (χ0v) is 15.3. The van der Waals surface area contributed by atoms with Crippen molar-refractivity contribution in [2.45, 2.75) is 23.6 Å². The van der Waals surface area contributed by atoms with E-state index in [1.165, 1.54) is 4.31 Å². The van der Waals surface area contributed by atoms with Gasteiger partial charge in [-0.3, -0.25) is 0 Å². The fourth-order valence-electron chi connectivity index (χ4n) is 3.35. The molecule has 0 aliphatic carbocycles. The number of halogens is 3. The number of sulfonamides is 1. The van der Waals surface area contributed by atoms with E-state index in [0.717, 1.165) is 29.8 Å². The summed E-state index contributed by atoms with van der Waals surface area (Å²) in [6.07, 6.45) is -4.19. The van der Waals surface area contributed by atoms with Gasteiger partial charge in [-0.2, -0.15) is 4.31 Å². The Kier molecular flexibility index (Phi) is 4.62. The summed E-state index contributed by atoms with van der Waals surface area (Å²) < 4.78 is 78.1. The molecule has 1 unspecified atom stereocenters. The summed E-state index contributed by atoms with van der Waals surface area (Å²) in [7, 11) is -3.81. The predicted molar refractivity (Wildman–Crippen MR) is 91.8 cm³/mol. The number of rotatable bonds is 4. The number of hydrogen-bond donors (Lipinski definition) is 0. The molecule has 2 aromatic rings. The second-order valence-corrected chi connectivity index (χ2v) is 8.42. The molecule has 0 spiro atoms. The van der Waals surface area contributed by atoms with Gasteiger partial charge in [-0.1, -0.05) is 6.07 Å². The van der Waals surface area contributed by atoms with Gasteiger partial charge < -0.3 is 14.2 Å². The Morgan fingerprint density at radius 1 is 1.04 bits per heavy atom. The summed E-state index contributed by atoms with van der Waals surface area (Å²) in [6.45, 7) is 0.767. The van der Waals surface area contributed by atoms with Crippen LogP contribution in [0.4, 0.5) is 13.2 Å². The summed E-state index contributed by atoms with van der Waals surface area (Å²) in [5, 5.41) is 0. The van der Waals surface area contributed by atoms with Crippen molar-refractivity contribution in [1.82, 2.24) is 4.31 Å². The molecule has 2 aliphatic rings. The molecule has 28 heavy (non-hydrogen) atoms. The number of fused-ring (bicyclic) bond motifs is 1. The van der Waals surface area contributed by atoms with Crippen LogP contribution >= 0.6 is 0 Å². The second kappa shape index (κ2) is 6.85. The van der Waals surface area contributed by atoms with E-state index in [-0.39, 0.29) is 24.2 Å². The highest BCUT2D eigenvalue weighted by Crippen LogP contribution is 2.38. The molecule has 0 N–H and O–H groups in total. The van der Waals surface area contributed by atoms with Gasteiger partial charge in [0.15, 0.2) is 11.5 Å². The lowest BCUT2D eigenvalue weighted by molar-refractivity contribution is -0.274. The van der Waals surface area contributed by atoms with Crippen molar-refractivity contribution in [2.24, 2.45) is 0 Å². The van der Waals surface area contributed by atoms with Gasteiger partial charge in [0.25, 0.3) is 0 Å². The molecule has 0 saturated carbocycles. The summed E-state index contributed by atoms with van der Waals surface area (Å²) in [4.78, 5) is -0.0756. The Morgan fingerprint density at radius 2 is 1.75 bits per heavy atom. The van der Waals surface area contributed by atoms with Gasteiger partial charge in [0.2, 0.25) is 16.8 Å². The number of hydrogen-bond acceptors (Lipinski definition) is 5. The maximum atomic E-state index is 12.8. The molecule has 0 amide bonds. The number of alkyl halides is 3. The minimum Gasteiger partial charge on any atom is -0.454 e. The van der Waals surface area contributed by atoms with E-state index >= 15 is 0 Å². The maximum absolute atomic E-state index is 12.8. The van der Waals surface area contributed by atoms with Crippen molar-refractivity contribution < 1.29 is 35.8 Å². The van der Waals surface area contributed by atoms with Crippen LogP contribution in [0.25, 0.3) is 0 Å². The van der Waals surface area contributed by atoms with E-state index in [1.54, 1.807) is 6.07 Å². The lowest BCUT2D eigenvalue weighted by Gasteiger charge is -2.17. The van der Waals surface area contributed by atoms with Gasteiger partial charge in [-0.25, -0.2) is 8.42 Å². The van der Waals surface area contributed by atoms with Crippen molar-refractivity contribution in [2.75, 3.05) is 19.9 Å². The second-order valence-electron chi connectivity index (χ2n) is 6.48. The van der Waals surface area contributed by atoms with E-state index < -0.39 is 22.1 Å². The SMILES string of the molecule is O=S(=O)(c1ccc(OC(F)(F)F)cc1)N1CCC(c2ccc3c(c2)OCO3)C1. The number of benzene rings is 2. The van der Waals surface area contributed by atoms with Crippen LogP contribution in [0, 0.1) is 0 Å². The highest BCUT2D eigenvalue weighted by atomic mass is 32.2. The summed E-state index contributed by atoms with van der Waals surface area (Å²) in [5.41, 5.74) is 0.955. The molecule has 0 bridgehead atoms. The first-order valence-electron chi connectivity index (χ1n) is 8.48. The van der Waals surface area contributed by atoms with Gasteiger partial charge in [-0.05, 0) is 54.3 Å². The third-order valence-electron chi connectivity index (χ3n) is 4.71. The fraction of sp³-hybridized carbons (Fsp3) is 0.333. The van der Waals surface area contributed by atoms with Crippen LogP contribution in [-0.2, 0) is 10.0 Å². The minimum absolute atomic E-state index is 0.00268. The molecule has 10 heteroatoms. The monoisotopic (exact) mass is 415 g/mol. The Morgan fingerprint density at radius 3 is 2.46 bits per heavy atom. The molecule has 6 nitrogen and oxygen atoms in total. The van der Waals surface area contributed by atoms with Gasteiger partial charge in [0, 0.05) is 13.1 Å². The molecule has 1 fully saturated rings. The summed E-state index contributed by atoms with van der Waals surface area (Å²) >= 11 is 0. The van der Waals surface area contributed by atoms with Gasteiger partial charge in [-0.15, -0.1) is 13.2 Å². The van der Waals surface area contributed by atoms with Crippen LogP contribution in [0.1, 0.15) is 17.9 Å². The minimum atomic E-state index is -4.83. The van der Waals surface area contributed by atoms with E-state index in [1.807, 2.05) is 12.1 Å². The largest absolute Gasteiger partial charge is 0.573 e. The quantitative estimate of drug-likeness (QED) is 0.765. The van der Waals surface area contributed by atoms with Crippen LogP contribution in [0.3, 0.4) is 0 Å². The van der Waals surface area contributed by atoms with Crippen LogP contribution in [-0.4, -0.2) is 39.0 Å². The predicted octanol–water partition coefficient (Wildman–Crippen LogP) is 3.49. The molecule has 1 saturated heterocycles. The van der Waals surface area contributed by atoms with Crippen molar-refractivity contribution in [1.29, 1.82) is 0 Å². The van der Waals surface area contributed by atoms with Crippen LogP contribution in [0.5, 0.6) is 17.2 Å². The fourth-order valence-corrected chi connectivity index (χ4v) is 4.85. The Balaban J connectivity index is 1.48. The molecular weight excluding hydrogens is 399 g/mol. The average molecular weight is 415 g/mol. The standard InChI is InChI=1S/C18H16F3NO5S/c19-18(20,21)27-14-2-4-15(5-3-14)28(23,24)22-8-7-13(10-22)12-1-6-16-17(9-12)26-11-25-16/h1-6,9,13H,7-8,10-11H2. The third kappa shape index (κ3) is 3.74. The topological polar surface area (TPSA) is 65.1 Å². The third-order valence-corrected chi connectivity index (χ3v) is 6.59. The highest BCUT2D eigenvalue weighted by molar-refractivity contribution is 7.89. The molecule has 2 aromatic carbocycles. The van der Waals surface area contributed by atoms with Crippen LogP contribution in [0.2, 0.25) is 0 Å². The van der Waals surface area contributed by atoms with E-state index in [4.69, 9.17) is 9.47 Å². The zero-order valence-electron chi connectivity index (χ0n) is 14.5. The van der Waals surface area contributed by atoms with Crippen molar-refractivity contribution >= 4 is 10.0 Å². The molecule has 150 valence electrons. The normalized spacial score (nSPS) is 19.8. The molecule has 2 heterocycles. The van der Waals surface area contributed by atoms with Gasteiger partial charge in [0.1, 0.15) is 5.75 Å². The molecule has 0 radical (unpaired) electrons. The van der Waals surface area contributed by atoms with E-state index in [0.29, 0.717) is 24.5 Å². The first kappa shape index (κ1) is 18.9. The molecular formula is C18H16F3NO5S. The number of nitrogens with zero attached hydrogens (tertiary/aromatic N) is 1. The Bertz CT molecular complexity index is 976. The lowest BCUT2D eigenvalue weighted by Crippen LogP contribution is -2.28. The van der Waals surface area contributed by atoms with Crippen molar-refractivity contribution in [3.63, 3.8) is 0 Å². The summed E-state index contributed by atoms with van der Waals surface area (Å²) in [6, 6.07) is 9.75. The average Bonchev–Trinajstić information content (AvgIpc) is 3.30. The molecule has 2 aliphatic heterocycles. The van der Waals surface area contributed by atoms with Gasteiger partial charge in [0.05, 0.1) is 4.90 Å². The maximum Gasteiger partial charge on any atom is 0.573 e. The Hall–Kier alpha value is -2.46. The Labute approximate surface area is 159 Å². The van der Waals surface area contributed by atoms with Crippen LogP contribution < -0.4 is 14.2 Å². The van der Waals surface area contributed by atoms with E-state index in [2.05, 4.69) is 4.74 Å². The first-order chi connectivity index (χ1) is 13.2. The van der Waals surface area contributed by atoms with Crippen molar-refractivity contribution in [3.05, 3.63) is 48.0 Å². The van der Waals surface area contributed by atoms with Gasteiger partial charge >= 0.3 is 6.36 Å². The first-order valence-corrected chi connectivity index (χ1v) is 9.92. The lowest BCUT2D eigenvalue weighted by atomic mass is 9.98. The van der Waals surface area contributed by atoms with E-state index in [9.17, 15) is 21.6 Å². The molecule has 1 atom stereocenters. The highest BCUT2D eigenvalue weighted by Gasteiger charge is 2.34. The van der Waals surface area contributed by atoms with Crippen LogP contribution in [0.15, 0.2) is 47.4 Å². The zero-order chi connectivity index (χ0) is 19.9. The summed E-state index contributed by atoms with van der Waals surface area (Å²) in [5.74, 6) is 0.828.